The van der Waals surface area contributed by atoms with Crippen molar-refractivity contribution in [2.75, 3.05) is 12.0 Å². The molecule has 0 aliphatic heterocycles. The first-order valence-corrected chi connectivity index (χ1v) is 11.0. The number of carbonyl (C=O) groups is 2. The molecule has 2 N–H and O–H groups in total. The topological polar surface area (TPSA) is 106 Å². The Bertz CT molecular complexity index is 999. The smallest absolute Gasteiger partial charge is 0.339 e. The van der Waals surface area contributed by atoms with Crippen molar-refractivity contribution in [3.63, 3.8) is 0 Å². The monoisotopic (exact) mass is 419 g/mol. The first-order chi connectivity index (χ1) is 13.8. The molecular weight excluding hydrogens is 394 g/mol. The lowest BCUT2D eigenvalue weighted by Crippen LogP contribution is -2.46. The van der Waals surface area contributed by atoms with Gasteiger partial charge in [0.1, 0.15) is 17.4 Å². The molecule has 1 aromatic heterocycles. The summed E-state index contributed by atoms with van der Waals surface area (Å²) >= 11 is 1.52. The Kier molecular flexibility index (Phi) is 6.52. The van der Waals surface area contributed by atoms with Gasteiger partial charge < -0.3 is 19.6 Å². The van der Waals surface area contributed by atoms with Crippen molar-refractivity contribution in [3.05, 3.63) is 39.2 Å². The first-order valence-electron chi connectivity index (χ1n) is 9.60. The molecule has 1 heterocycles. The molecule has 1 aliphatic carbocycles. The largest absolute Gasteiger partial charge is 0.480 e. The van der Waals surface area contributed by atoms with Crippen LogP contribution in [-0.4, -0.2) is 41.1 Å². The molecule has 29 heavy (non-hydrogen) atoms. The maximum Gasteiger partial charge on any atom is 0.339 e. The number of amides is 1. The zero-order valence-electron chi connectivity index (χ0n) is 16.7. The second-order valence-corrected chi connectivity index (χ2v) is 8.19. The number of hydrogen-bond donors (Lipinski definition) is 2. The normalized spacial score (nSPS) is 15.0. The quantitative estimate of drug-likeness (QED) is 0.634. The standard InChI is InChI=1S/C21H25NO6S/c1-11-17(27-12(2)19(23)22-16(20(24)25)9-10-29-3)8-7-14-13-5-4-6-15(13)21(26)28-18(11)14/h7-8,12,16H,4-6,9-10H2,1-3H3,(H,22,23)(H,24,25)/t12-,16+/m1/s1. The van der Waals surface area contributed by atoms with E-state index in [1.54, 1.807) is 19.9 Å². The summed E-state index contributed by atoms with van der Waals surface area (Å²) in [6, 6.07) is 2.66. The van der Waals surface area contributed by atoms with Crippen LogP contribution in [0.25, 0.3) is 11.0 Å². The number of carbonyl (C=O) groups excluding carboxylic acids is 1. The number of carboxylic acids is 1. The lowest BCUT2D eigenvalue weighted by molar-refractivity contribution is -0.142. The maximum atomic E-state index is 12.4. The van der Waals surface area contributed by atoms with Gasteiger partial charge in [-0.3, -0.25) is 4.79 Å². The Hall–Kier alpha value is -2.48. The van der Waals surface area contributed by atoms with Crippen LogP contribution in [0.4, 0.5) is 0 Å². The van der Waals surface area contributed by atoms with Crippen LogP contribution in [0.1, 0.15) is 36.5 Å². The van der Waals surface area contributed by atoms with Gasteiger partial charge in [0.25, 0.3) is 5.91 Å². The van der Waals surface area contributed by atoms with Crippen molar-refractivity contribution >= 4 is 34.6 Å². The molecule has 1 aliphatic rings. The van der Waals surface area contributed by atoms with Crippen LogP contribution in [0.15, 0.2) is 21.3 Å². The van der Waals surface area contributed by atoms with E-state index >= 15 is 0 Å². The molecule has 156 valence electrons. The Morgan fingerprint density at radius 1 is 1.31 bits per heavy atom. The lowest BCUT2D eigenvalue weighted by atomic mass is 10.0. The molecule has 0 saturated heterocycles. The van der Waals surface area contributed by atoms with E-state index in [1.165, 1.54) is 11.8 Å². The van der Waals surface area contributed by atoms with Crippen molar-refractivity contribution in [2.45, 2.75) is 51.7 Å². The number of carboxylic acid groups (broad SMARTS) is 1. The number of fused-ring (bicyclic) bond motifs is 3. The molecule has 1 amide bonds. The van der Waals surface area contributed by atoms with Crippen LogP contribution >= 0.6 is 11.8 Å². The second kappa shape index (κ2) is 8.90. The molecule has 0 bridgehead atoms. The molecule has 0 fully saturated rings. The third-order valence-corrected chi connectivity index (χ3v) is 5.88. The van der Waals surface area contributed by atoms with Crippen LogP contribution in [-0.2, 0) is 22.4 Å². The number of aliphatic carboxylic acids is 1. The summed E-state index contributed by atoms with van der Waals surface area (Å²) in [5.74, 6) is -0.526. The Labute approximate surface area is 172 Å². The number of ether oxygens (including phenoxy) is 1. The number of hydrogen-bond acceptors (Lipinski definition) is 6. The fraction of sp³-hybridized carbons (Fsp3) is 0.476. The van der Waals surface area contributed by atoms with E-state index in [-0.39, 0.29) is 5.63 Å². The molecule has 0 radical (unpaired) electrons. The van der Waals surface area contributed by atoms with Crippen LogP contribution in [0.3, 0.4) is 0 Å². The fourth-order valence-electron chi connectivity index (χ4n) is 3.62. The second-order valence-electron chi connectivity index (χ2n) is 7.21. The summed E-state index contributed by atoms with van der Waals surface area (Å²) in [4.78, 5) is 36.0. The van der Waals surface area contributed by atoms with Gasteiger partial charge in [0, 0.05) is 16.5 Å². The van der Waals surface area contributed by atoms with Crippen LogP contribution in [0.5, 0.6) is 5.75 Å². The van der Waals surface area contributed by atoms with Crippen LogP contribution < -0.4 is 15.7 Å². The van der Waals surface area contributed by atoms with Gasteiger partial charge >= 0.3 is 11.6 Å². The number of nitrogens with one attached hydrogen (secondary N) is 1. The summed E-state index contributed by atoms with van der Waals surface area (Å²) in [5.41, 5.74) is 2.60. The van der Waals surface area contributed by atoms with Crippen molar-refractivity contribution < 1.29 is 23.8 Å². The average molecular weight is 419 g/mol. The molecule has 0 saturated carbocycles. The van der Waals surface area contributed by atoms with E-state index in [0.717, 1.165) is 35.8 Å². The van der Waals surface area contributed by atoms with E-state index in [2.05, 4.69) is 5.32 Å². The van der Waals surface area contributed by atoms with Crippen LogP contribution in [0, 0.1) is 6.92 Å². The van der Waals surface area contributed by atoms with Crippen LogP contribution in [0.2, 0.25) is 0 Å². The summed E-state index contributed by atoms with van der Waals surface area (Å²) in [6.07, 6.45) is 3.84. The summed E-state index contributed by atoms with van der Waals surface area (Å²) in [5, 5.41) is 12.7. The third kappa shape index (κ3) is 4.42. The average Bonchev–Trinajstić information content (AvgIpc) is 3.18. The highest BCUT2D eigenvalue weighted by molar-refractivity contribution is 7.98. The molecule has 0 unspecified atom stereocenters. The summed E-state index contributed by atoms with van der Waals surface area (Å²) < 4.78 is 11.3. The minimum atomic E-state index is -1.07. The minimum Gasteiger partial charge on any atom is -0.480 e. The summed E-state index contributed by atoms with van der Waals surface area (Å²) in [6.45, 7) is 3.34. The van der Waals surface area contributed by atoms with Gasteiger partial charge in [-0.2, -0.15) is 11.8 Å². The van der Waals surface area contributed by atoms with E-state index < -0.39 is 24.0 Å². The molecule has 0 spiro atoms. The highest BCUT2D eigenvalue weighted by atomic mass is 32.2. The first kappa shape index (κ1) is 21.2. The van der Waals surface area contributed by atoms with E-state index in [4.69, 9.17) is 9.15 Å². The third-order valence-electron chi connectivity index (χ3n) is 5.24. The molecule has 3 rings (SSSR count). The van der Waals surface area contributed by atoms with Gasteiger partial charge in [-0.25, -0.2) is 9.59 Å². The number of rotatable bonds is 8. The molecule has 8 heteroatoms. The molecule has 2 atom stereocenters. The van der Waals surface area contributed by atoms with Gasteiger partial charge in [0.2, 0.25) is 0 Å². The van der Waals surface area contributed by atoms with Gasteiger partial charge in [-0.1, -0.05) is 0 Å². The predicted octanol–water partition coefficient (Wildman–Crippen LogP) is 2.68. The van der Waals surface area contributed by atoms with Gasteiger partial charge in [-0.15, -0.1) is 0 Å². The Morgan fingerprint density at radius 3 is 2.72 bits per heavy atom. The SMILES string of the molecule is CSCC[C@H](NC(=O)[C@@H](C)Oc1ccc2c3c(c(=O)oc2c1C)CCC3)C(=O)O. The van der Waals surface area contributed by atoms with E-state index in [0.29, 0.717) is 29.1 Å². The predicted molar refractivity (Wildman–Crippen MR) is 112 cm³/mol. The van der Waals surface area contributed by atoms with Crippen molar-refractivity contribution in [1.29, 1.82) is 0 Å². The fourth-order valence-corrected chi connectivity index (χ4v) is 4.09. The highest BCUT2D eigenvalue weighted by Gasteiger charge is 2.25. The van der Waals surface area contributed by atoms with Crippen molar-refractivity contribution in [3.8, 4) is 5.75 Å². The molecule has 1 aromatic carbocycles. The highest BCUT2D eigenvalue weighted by Crippen LogP contribution is 2.33. The lowest BCUT2D eigenvalue weighted by Gasteiger charge is -2.20. The molecule has 2 aromatic rings. The Balaban J connectivity index is 1.80. The van der Waals surface area contributed by atoms with Crippen molar-refractivity contribution in [2.24, 2.45) is 0 Å². The zero-order valence-corrected chi connectivity index (χ0v) is 17.6. The summed E-state index contributed by atoms with van der Waals surface area (Å²) in [7, 11) is 0. The Morgan fingerprint density at radius 2 is 2.03 bits per heavy atom. The van der Waals surface area contributed by atoms with Crippen molar-refractivity contribution in [1.82, 2.24) is 5.32 Å². The molecule has 7 nitrogen and oxygen atoms in total. The number of benzene rings is 1. The van der Waals surface area contributed by atoms with E-state index in [9.17, 15) is 19.5 Å². The molecular formula is C21H25NO6S. The maximum absolute atomic E-state index is 12.4. The minimum absolute atomic E-state index is 0.311. The van der Waals surface area contributed by atoms with Gasteiger partial charge in [-0.05, 0) is 69.2 Å². The number of aryl methyl sites for hydroxylation is 2. The zero-order chi connectivity index (χ0) is 21.1. The van der Waals surface area contributed by atoms with E-state index in [1.807, 2.05) is 12.3 Å². The number of thioether (sulfide) groups is 1. The van der Waals surface area contributed by atoms with Gasteiger partial charge in [0.15, 0.2) is 6.10 Å². The van der Waals surface area contributed by atoms with Gasteiger partial charge in [0.05, 0.1) is 0 Å².